The molecule has 90 valence electrons. The number of nitriles is 1. The van der Waals surface area contributed by atoms with Crippen molar-refractivity contribution in [3.05, 3.63) is 22.2 Å². The molecular weight excluding hydrogens is 286 g/mol. The minimum atomic E-state index is -0.809. The van der Waals surface area contributed by atoms with Crippen molar-refractivity contribution in [3.8, 4) is 17.6 Å². The fourth-order valence-corrected chi connectivity index (χ4v) is 2.35. The zero-order valence-corrected chi connectivity index (χ0v) is 10.9. The highest BCUT2D eigenvalue weighted by molar-refractivity contribution is 9.10. The number of hydrogen-bond donors (Lipinski definition) is 1. The molecule has 0 saturated carbocycles. The predicted molar refractivity (Wildman–Crippen MR) is 64.6 cm³/mol. The van der Waals surface area contributed by atoms with Crippen LogP contribution >= 0.6 is 15.9 Å². The number of benzene rings is 1. The van der Waals surface area contributed by atoms with Gasteiger partial charge in [-0.25, -0.2) is 0 Å². The van der Waals surface area contributed by atoms with Crippen molar-refractivity contribution in [3.63, 3.8) is 0 Å². The van der Waals surface area contributed by atoms with E-state index in [1.54, 1.807) is 12.1 Å². The lowest BCUT2D eigenvalue weighted by molar-refractivity contribution is 0.132. The summed E-state index contributed by atoms with van der Waals surface area (Å²) in [5.74, 6) is 0.828. The fourth-order valence-electron chi connectivity index (χ4n) is 1.78. The zero-order chi connectivity index (χ0) is 12.4. The third-order valence-electron chi connectivity index (χ3n) is 2.78. The van der Waals surface area contributed by atoms with Gasteiger partial charge < -0.3 is 14.6 Å². The molecule has 2 atom stereocenters. The molecule has 0 aliphatic carbocycles. The van der Waals surface area contributed by atoms with Gasteiger partial charge in [0.25, 0.3) is 0 Å². The second kappa shape index (κ2) is 4.94. The first kappa shape index (κ1) is 12.2. The Morgan fingerprint density at radius 3 is 2.94 bits per heavy atom. The van der Waals surface area contributed by atoms with Crippen LogP contribution in [-0.2, 0) is 0 Å². The summed E-state index contributed by atoms with van der Waals surface area (Å²) < 4.78 is 11.3. The maximum Gasteiger partial charge on any atom is 0.231 e. The van der Waals surface area contributed by atoms with Gasteiger partial charge in [-0.3, -0.25) is 0 Å². The summed E-state index contributed by atoms with van der Waals surface area (Å²) in [6, 6.07) is 5.58. The number of hydrogen-bond acceptors (Lipinski definition) is 4. The molecule has 17 heavy (non-hydrogen) atoms. The molecule has 1 aromatic carbocycles. The highest BCUT2D eigenvalue weighted by atomic mass is 79.9. The number of nitrogens with zero attached hydrogens (tertiary/aromatic N) is 1. The molecule has 0 saturated heterocycles. The van der Waals surface area contributed by atoms with E-state index < -0.39 is 12.0 Å². The summed E-state index contributed by atoms with van der Waals surface area (Å²) in [5, 5.41) is 19.0. The molecule has 0 radical (unpaired) electrons. The second-order valence-corrected chi connectivity index (χ2v) is 4.68. The van der Waals surface area contributed by atoms with E-state index in [1.165, 1.54) is 0 Å². The molecule has 2 unspecified atom stereocenters. The average Bonchev–Trinajstić information content (AvgIpc) is 2.79. The van der Waals surface area contributed by atoms with Gasteiger partial charge in [0.15, 0.2) is 11.5 Å². The molecule has 1 aliphatic heterocycles. The monoisotopic (exact) mass is 297 g/mol. The number of aliphatic hydroxyl groups is 1. The van der Waals surface area contributed by atoms with Crippen LogP contribution in [0.5, 0.6) is 11.5 Å². The lowest BCUT2D eigenvalue weighted by Gasteiger charge is -2.16. The predicted octanol–water partition coefficient (Wildman–Crippen LogP) is 2.76. The summed E-state index contributed by atoms with van der Waals surface area (Å²) in [5.41, 5.74) is 0.662. The van der Waals surface area contributed by atoms with Crippen LogP contribution in [0.1, 0.15) is 25.0 Å². The molecule has 1 heterocycles. The van der Waals surface area contributed by atoms with Gasteiger partial charge in [-0.1, -0.05) is 6.92 Å². The minimum absolute atomic E-state index is 0.183. The minimum Gasteiger partial charge on any atom is -0.454 e. The Balaban J connectivity index is 2.34. The lowest BCUT2D eigenvalue weighted by atomic mass is 9.94. The van der Waals surface area contributed by atoms with E-state index >= 15 is 0 Å². The summed E-state index contributed by atoms with van der Waals surface area (Å²) >= 11 is 3.36. The summed E-state index contributed by atoms with van der Waals surface area (Å²) in [4.78, 5) is 0. The van der Waals surface area contributed by atoms with E-state index in [0.29, 0.717) is 23.5 Å². The molecule has 0 spiro atoms. The van der Waals surface area contributed by atoms with Gasteiger partial charge in [0.05, 0.1) is 22.6 Å². The maximum absolute atomic E-state index is 10.1. The number of ether oxygens (including phenoxy) is 2. The van der Waals surface area contributed by atoms with Crippen molar-refractivity contribution < 1.29 is 14.6 Å². The van der Waals surface area contributed by atoms with Crippen molar-refractivity contribution in [1.82, 2.24) is 0 Å². The Labute approximate surface area is 108 Å². The highest BCUT2D eigenvalue weighted by Crippen LogP contribution is 2.42. The quantitative estimate of drug-likeness (QED) is 0.932. The molecular formula is C12H12BrNO3. The topological polar surface area (TPSA) is 62.5 Å². The lowest BCUT2D eigenvalue weighted by Crippen LogP contribution is -2.09. The third-order valence-corrected chi connectivity index (χ3v) is 3.37. The molecule has 1 aromatic rings. The van der Waals surface area contributed by atoms with Crippen LogP contribution in [0.15, 0.2) is 16.6 Å². The zero-order valence-electron chi connectivity index (χ0n) is 9.31. The molecule has 5 heteroatoms. The van der Waals surface area contributed by atoms with Gasteiger partial charge in [-0.05, 0) is 40.0 Å². The Bertz CT molecular complexity index is 470. The SMILES string of the molecule is CCC(C#N)C(O)c1cc(Br)c2c(c1)OCO2. The first-order valence-electron chi connectivity index (χ1n) is 5.34. The fraction of sp³-hybridized carbons (Fsp3) is 0.417. The first-order valence-corrected chi connectivity index (χ1v) is 6.13. The van der Waals surface area contributed by atoms with E-state index in [-0.39, 0.29) is 6.79 Å². The molecule has 1 aliphatic rings. The summed E-state index contributed by atoms with van der Waals surface area (Å²) in [6.45, 7) is 2.06. The standard InChI is InChI=1S/C12H12BrNO3/c1-2-7(5-14)11(15)8-3-9(13)12-10(4-8)16-6-17-12/h3-4,7,11,15H,2,6H2,1H3. The smallest absolute Gasteiger partial charge is 0.231 e. The molecule has 0 bridgehead atoms. The number of aliphatic hydroxyl groups excluding tert-OH is 1. The first-order chi connectivity index (χ1) is 8.17. The van der Waals surface area contributed by atoms with Gasteiger partial charge >= 0.3 is 0 Å². The highest BCUT2D eigenvalue weighted by Gasteiger charge is 2.24. The van der Waals surface area contributed by atoms with Gasteiger partial charge in [0, 0.05) is 0 Å². The Morgan fingerprint density at radius 2 is 2.29 bits per heavy atom. The van der Waals surface area contributed by atoms with Crippen LogP contribution in [0.25, 0.3) is 0 Å². The van der Waals surface area contributed by atoms with Crippen molar-refractivity contribution in [2.24, 2.45) is 5.92 Å². The summed E-state index contributed by atoms with van der Waals surface area (Å²) in [6.07, 6.45) is -0.209. The van der Waals surface area contributed by atoms with Crippen LogP contribution < -0.4 is 9.47 Å². The van der Waals surface area contributed by atoms with E-state index in [9.17, 15) is 5.11 Å². The van der Waals surface area contributed by atoms with Crippen molar-refractivity contribution in [2.45, 2.75) is 19.4 Å². The van der Waals surface area contributed by atoms with Crippen molar-refractivity contribution in [2.75, 3.05) is 6.79 Å². The number of rotatable bonds is 3. The second-order valence-electron chi connectivity index (χ2n) is 3.83. The number of halogens is 1. The van der Waals surface area contributed by atoms with Crippen LogP contribution in [0, 0.1) is 17.2 Å². The van der Waals surface area contributed by atoms with Gasteiger partial charge in [-0.15, -0.1) is 0 Å². The van der Waals surface area contributed by atoms with E-state index in [1.807, 2.05) is 6.92 Å². The van der Waals surface area contributed by atoms with Crippen LogP contribution in [-0.4, -0.2) is 11.9 Å². The van der Waals surface area contributed by atoms with Gasteiger partial charge in [-0.2, -0.15) is 5.26 Å². The molecule has 0 amide bonds. The molecule has 1 N–H and O–H groups in total. The van der Waals surface area contributed by atoms with E-state index in [2.05, 4.69) is 22.0 Å². The van der Waals surface area contributed by atoms with E-state index in [0.717, 1.165) is 4.47 Å². The Kier molecular flexibility index (Phi) is 3.55. The average molecular weight is 298 g/mol. The Hall–Kier alpha value is -1.25. The largest absolute Gasteiger partial charge is 0.454 e. The van der Waals surface area contributed by atoms with Crippen molar-refractivity contribution >= 4 is 15.9 Å². The third kappa shape index (κ3) is 2.24. The van der Waals surface area contributed by atoms with Gasteiger partial charge in [0.1, 0.15) is 0 Å². The van der Waals surface area contributed by atoms with Crippen molar-refractivity contribution in [1.29, 1.82) is 5.26 Å². The molecule has 0 fully saturated rings. The molecule has 2 rings (SSSR count). The summed E-state index contributed by atoms with van der Waals surface area (Å²) in [7, 11) is 0. The Morgan fingerprint density at radius 1 is 1.53 bits per heavy atom. The normalized spacial score (nSPS) is 16.4. The maximum atomic E-state index is 10.1. The molecule has 0 aromatic heterocycles. The van der Waals surface area contributed by atoms with E-state index in [4.69, 9.17) is 14.7 Å². The van der Waals surface area contributed by atoms with Crippen LogP contribution in [0.2, 0.25) is 0 Å². The number of fused-ring (bicyclic) bond motifs is 1. The van der Waals surface area contributed by atoms with Gasteiger partial charge in [0.2, 0.25) is 6.79 Å². The van der Waals surface area contributed by atoms with Crippen LogP contribution in [0.3, 0.4) is 0 Å². The van der Waals surface area contributed by atoms with Crippen LogP contribution in [0.4, 0.5) is 0 Å². The molecule has 4 nitrogen and oxygen atoms in total.